The Morgan fingerprint density at radius 1 is 0.542 bits per heavy atom. The van der Waals surface area contributed by atoms with Gasteiger partial charge in [0.1, 0.15) is 12.6 Å². The van der Waals surface area contributed by atoms with Crippen molar-refractivity contribution < 1.29 is 47.5 Å². The standard InChI is InChI=1S/C47H86NO10P/c1-3-5-7-9-11-13-15-17-19-21-23-24-26-28-30-32-34-36-38-45(49)55-40-43(41-56-59(53,54)57-42-44(48)47(51)52)58-46(50)39-37-35-33-31-29-27-25-22-20-18-16-14-12-10-8-6-4-2/h6,8,12,14,18,20,43-44H,3-5,7,9-11,13,15-17,19,21-42,48H2,1-2H3,(H,51,52)(H,53,54)/b8-6-,14-12-,20-18-. The maximum absolute atomic E-state index is 12.7. The monoisotopic (exact) mass is 856 g/mol. The molecule has 4 N–H and O–H groups in total. The molecule has 0 amide bonds. The first-order valence-electron chi connectivity index (χ1n) is 23.5. The van der Waals surface area contributed by atoms with Crippen LogP contribution < -0.4 is 5.73 Å². The number of allylic oxidation sites excluding steroid dienone is 6. The summed E-state index contributed by atoms with van der Waals surface area (Å²) in [6.07, 6.45) is 46.3. The Hall–Kier alpha value is -2.30. The van der Waals surface area contributed by atoms with Gasteiger partial charge in [-0.05, 0) is 44.9 Å². The summed E-state index contributed by atoms with van der Waals surface area (Å²) in [5.74, 6) is -2.38. The minimum Gasteiger partial charge on any atom is -0.480 e. The van der Waals surface area contributed by atoms with Gasteiger partial charge in [0.15, 0.2) is 6.10 Å². The van der Waals surface area contributed by atoms with Gasteiger partial charge in [-0.25, -0.2) is 4.57 Å². The van der Waals surface area contributed by atoms with Gasteiger partial charge >= 0.3 is 25.7 Å². The number of hydrogen-bond acceptors (Lipinski definition) is 9. The molecule has 0 aliphatic carbocycles. The van der Waals surface area contributed by atoms with Gasteiger partial charge in [-0.2, -0.15) is 0 Å². The number of hydrogen-bond donors (Lipinski definition) is 3. The van der Waals surface area contributed by atoms with Crippen LogP contribution in [0.3, 0.4) is 0 Å². The van der Waals surface area contributed by atoms with E-state index in [0.717, 1.165) is 77.0 Å². The number of carboxylic acid groups (broad SMARTS) is 1. The summed E-state index contributed by atoms with van der Waals surface area (Å²) in [4.78, 5) is 46.1. The van der Waals surface area contributed by atoms with Crippen molar-refractivity contribution in [1.29, 1.82) is 0 Å². The van der Waals surface area contributed by atoms with Crippen LogP contribution in [-0.2, 0) is 37.5 Å². The summed E-state index contributed by atoms with van der Waals surface area (Å²) in [6, 6.07) is -1.52. The van der Waals surface area contributed by atoms with Crippen LogP contribution in [0.25, 0.3) is 0 Å². The third kappa shape index (κ3) is 42.2. The van der Waals surface area contributed by atoms with E-state index in [2.05, 4.69) is 54.8 Å². The van der Waals surface area contributed by atoms with E-state index in [0.29, 0.717) is 12.8 Å². The molecule has 0 heterocycles. The lowest BCUT2D eigenvalue weighted by Crippen LogP contribution is -2.34. The Morgan fingerprint density at radius 2 is 0.949 bits per heavy atom. The Kier molecular flexibility index (Phi) is 40.7. The molecular formula is C47H86NO10P. The van der Waals surface area contributed by atoms with E-state index in [1.807, 2.05) is 0 Å². The topological polar surface area (TPSA) is 172 Å². The van der Waals surface area contributed by atoms with E-state index in [4.69, 9.17) is 24.8 Å². The molecule has 0 aromatic heterocycles. The summed E-state index contributed by atoms with van der Waals surface area (Å²) in [7, 11) is -4.72. The number of aliphatic carboxylic acids is 1. The quantitative estimate of drug-likeness (QED) is 0.0230. The second kappa shape index (κ2) is 42.4. The van der Waals surface area contributed by atoms with Crippen LogP contribution in [-0.4, -0.2) is 59.9 Å². The zero-order chi connectivity index (χ0) is 43.5. The summed E-state index contributed by atoms with van der Waals surface area (Å²) in [5, 5.41) is 8.90. The molecular weight excluding hydrogens is 769 g/mol. The minimum absolute atomic E-state index is 0.151. The molecule has 0 aliphatic heterocycles. The van der Waals surface area contributed by atoms with Gasteiger partial charge in [0.05, 0.1) is 13.2 Å². The molecule has 12 heteroatoms. The highest BCUT2D eigenvalue weighted by atomic mass is 31.2. The molecule has 0 spiro atoms. The zero-order valence-electron chi connectivity index (χ0n) is 37.3. The average Bonchev–Trinajstić information content (AvgIpc) is 3.21. The molecule has 11 nitrogen and oxygen atoms in total. The predicted molar refractivity (Wildman–Crippen MR) is 240 cm³/mol. The summed E-state index contributed by atoms with van der Waals surface area (Å²) in [5.41, 5.74) is 5.34. The van der Waals surface area contributed by atoms with Crippen LogP contribution in [0.4, 0.5) is 0 Å². The molecule has 59 heavy (non-hydrogen) atoms. The van der Waals surface area contributed by atoms with Crippen LogP contribution in [0.15, 0.2) is 36.5 Å². The van der Waals surface area contributed by atoms with Crippen molar-refractivity contribution in [2.75, 3.05) is 19.8 Å². The molecule has 0 aromatic carbocycles. The Morgan fingerprint density at radius 3 is 1.42 bits per heavy atom. The molecule has 0 radical (unpaired) electrons. The summed E-state index contributed by atoms with van der Waals surface area (Å²) >= 11 is 0. The van der Waals surface area contributed by atoms with E-state index in [-0.39, 0.29) is 19.4 Å². The molecule has 0 fully saturated rings. The lowest BCUT2D eigenvalue weighted by molar-refractivity contribution is -0.161. The fraction of sp³-hybridized carbons (Fsp3) is 0.809. The third-order valence-corrected chi connectivity index (χ3v) is 11.1. The second-order valence-electron chi connectivity index (χ2n) is 15.9. The number of rotatable bonds is 44. The normalized spacial score (nSPS) is 14.0. The molecule has 0 aromatic rings. The van der Waals surface area contributed by atoms with E-state index < -0.39 is 51.1 Å². The van der Waals surface area contributed by atoms with Crippen LogP contribution in [0.5, 0.6) is 0 Å². The fourth-order valence-electron chi connectivity index (χ4n) is 6.49. The van der Waals surface area contributed by atoms with Gasteiger partial charge in [0.25, 0.3) is 0 Å². The fourth-order valence-corrected chi connectivity index (χ4v) is 7.27. The number of unbranched alkanes of at least 4 members (excludes halogenated alkanes) is 24. The highest BCUT2D eigenvalue weighted by Crippen LogP contribution is 2.43. The highest BCUT2D eigenvalue weighted by Gasteiger charge is 2.28. The molecule has 0 aliphatic rings. The largest absolute Gasteiger partial charge is 0.480 e. The van der Waals surface area contributed by atoms with Crippen molar-refractivity contribution in [3.8, 4) is 0 Å². The Labute approximate surface area is 359 Å². The first-order chi connectivity index (χ1) is 28.6. The molecule has 0 bridgehead atoms. The van der Waals surface area contributed by atoms with E-state index in [1.165, 1.54) is 96.3 Å². The molecule has 0 rings (SSSR count). The molecule has 0 saturated heterocycles. The van der Waals surface area contributed by atoms with E-state index in [9.17, 15) is 23.8 Å². The maximum Gasteiger partial charge on any atom is 0.472 e. The highest BCUT2D eigenvalue weighted by molar-refractivity contribution is 7.47. The van der Waals surface area contributed by atoms with Gasteiger partial charge < -0.3 is 25.2 Å². The zero-order valence-corrected chi connectivity index (χ0v) is 38.2. The number of carbonyl (C=O) groups is 3. The Balaban J connectivity index is 4.30. The smallest absolute Gasteiger partial charge is 0.472 e. The Bertz CT molecular complexity index is 1140. The summed E-state index contributed by atoms with van der Waals surface area (Å²) < 4.78 is 32.8. The van der Waals surface area contributed by atoms with Gasteiger partial charge in [-0.3, -0.25) is 23.4 Å². The molecule has 3 unspecified atom stereocenters. The first-order valence-corrected chi connectivity index (χ1v) is 25.0. The number of phosphoric ester groups is 1. The number of ether oxygens (including phenoxy) is 2. The number of esters is 2. The number of carbonyl (C=O) groups excluding carboxylic acids is 2. The van der Waals surface area contributed by atoms with Gasteiger partial charge in [-0.15, -0.1) is 0 Å². The second-order valence-corrected chi connectivity index (χ2v) is 17.3. The summed E-state index contributed by atoms with van der Waals surface area (Å²) in [6.45, 7) is 2.71. The van der Waals surface area contributed by atoms with Crippen LogP contribution in [0, 0.1) is 0 Å². The van der Waals surface area contributed by atoms with Crippen molar-refractivity contribution in [3.63, 3.8) is 0 Å². The van der Waals surface area contributed by atoms with Gasteiger partial charge in [-0.1, -0.05) is 192 Å². The van der Waals surface area contributed by atoms with Crippen molar-refractivity contribution in [1.82, 2.24) is 0 Å². The first kappa shape index (κ1) is 56.7. The van der Waals surface area contributed by atoms with Crippen molar-refractivity contribution in [2.45, 2.75) is 225 Å². The van der Waals surface area contributed by atoms with Gasteiger partial charge in [0.2, 0.25) is 0 Å². The molecule has 344 valence electrons. The number of nitrogens with two attached hydrogens (primary N) is 1. The number of carboxylic acids is 1. The minimum atomic E-state index is -4.72. The SMILES string of the molecule is CC/C=C\C/C=C\C/C=C\CCCCCCCCCC(=O)OC(COC(=O)CCCCCCCCCCCCCCCCCCCC)COP(=O)(O)OCC(N)C(=O)O. The molecule has 3 atom stereocenters. The third-order valence-electron chi connectivity index (χ3n) is 10.2. The maximum atomic E-state index is 12.7. The van der Waals surface area contributed by atoms with Crippen LogP contribution >= 0.6 is 7.82 Å². The van der Waals surface area contributed by atoms with Crippen molar-refractivity contribution >= 4 is 25.7 Å². The van der Waals surface area contributed by atoms with Crippen molar-refractivity contribution in [3.05, 3.63) is 36.5 Å². The lowest BCUT2D eigenvalue weighted by Gasteiger charge is -2.20. The number of phosphoric acid groups is 1. The van der Waals surface area contributed by atoms with Crippen LogP contribution in [0.1, 0.15) is 213 Å². The van der Waals surface area contributed by atoms with E-state index >= 15 is 0 Å². The lowest BCUT2D eigenvalue weighted by atomic mass is 10.0. The van der Waals surface area contributed by atoms with Crippen molar-refractivity contribution in [2.24, 2.45) is 5.73 Å². The van der Waals surface area contributed by atoms with Crippen LogP contribution in [0.2, 0.25) is 0 Å². The van der Waals surface area contributed by atoms with E-state index in [1.54, 1.807) is 0 Å². The molecule has 0 saturated carbocycles. The predicted octanol–water partition coefficient (Wildman–Crippen LogP) is 12.8. The van der Waals surface area contributed by atoms with Gasteiger partial charge in [0, 0.05) is 12.8 Å². The average molecular weight is 856 g/mol.